The van der Waals surface area contributed by atoms with E-state index in [4.69, 9.17) is 0 Å². The van der Waals surface area contributed by atoms with Gasteiger partial charge in [0.1, 0.15) is 0 Å². The Bertz CT molecular complexity index is 818. The van der Waals surface area contributed by atoms with E-state index in [1.54, 1.807) is 24.4 Å². The number of carbonyl (C=O) groups excluding carboxylic acids is 2. The van der Waals surface area contributed by atoms with Gasteiger partial charge in [-0.05, 0) is 23.6 Å². The highest BCUT2D eigenvalue weighted by molar-refractivity contribution is 6.25. The minimum Gasteiger partial charge on any atom is -0.281 e. The number of imide groups is 1. The Hall–Kier alpha value is -2.95. The van der Waals surface area contributed by atoms with E-state index < -0.39 is 0 Å². The molecule has 0 atom stereocenters. The maximum Gasteiger partial charge on any atom is 0.261 e. The molecule has 0 saturated carbocycles. The average molecular weight is 277 g/mol. The van der Waals surface area contributed by atoms with Crippen LogP contribution in [0.2, 0.25) is 0 Å². The van der Waals surface area contributed by atoms with Gasteiger partial charge in [-0.25, -0.2) is 0 Å². The molecule has 5 heteroatoms. The van der Waals surface area contributed by atoms with Crippen LogP contribution in [0.4, 0.5) is 0 Å². The normalized spacial score (nSPS) is 14.0. The number of hydrogen-bond donors (Lipinski definition) is 1. The van der Waals surface area contributed by atoms with Gasteiger partial charge >= 0.3 is 0 Å². The monoisotopic (exact) mass is 277 g/mol. The molecule has 21 heavy (non-hydrogen) atoms. The van der Waals surface area contributed by atoms with Gasteiger partial charge in [0.25, 0.3) is 11.8 Å². The van der Waals surface area contributed by atoms with E-state index in [9.17, 15) is 9.59 Å². The van der Waals surface area contributed by atoms with Crippen LogP contribution in [-0.2, 0) is 6.54 Å². The van der Waals surface area contributed by atoms with Crippen LogP contribution in [0.5, 0.6) is 0 Å². The van der Waals surface area contributed by atoms with Crippen molar-refractivity contribution in [3.8, 4) is 0 Å². The number of carbonyl (C=O) groups is 2. The molecule has 1 N–H and O–H groups in total. The van der Waals surface area contributed by atoms with Crippen LogP contribution in [0, 0.1) is 0 Å². The van der Waals surface area contributed by atoms with E-state index in [2.05, 4.69) is 10.2 Å². The van der Waals surface area contributed by atoms with E-state index in [1.165, 1.54) is 4.90 Å². The number of aromatic nitrogens is 2. The van der Waals surface area contributed by atoms with Crippen molar-refractivity contribution in [1.29, 1.82) is 0 Å². The van der Waals surface area contributed by atoms with Crippen LogP contribution < -0.4 is 0 Å². The molecule has 2 heterocycles. The van der Waals surface area contributed by atoms with Gasteiger partial charge in [-0.1, -0.05) is 24.3 Å². The lowest BCUT2D eigenvalue weighted by Crippen LogP contribution is -2.39. The maximum atomic E-state index is 12.6. The molecule has 0 radical (unpaired) electrons. The van der Waals surface area contributed by atoms with Crippen molar-refractivity contribution in [2.45, 2.75) is 6.54 Å². The molecule has 0 unspecified atom stereocenters. The maximum absolute atomic E-state index is 12.6. The Kier molecular flexibility index (Phi) is 2.41. The zero-order valence-electron chi connectivity index (χ0n) is 11.0. The molecule has 3 aromatic rings. The summed E-state index contributed by atoms with van der Waals surface area (Å²) in [4.78, 5) is 26.5. The van der Waals surface area contributed by atoms with Crippen LogP contribution in [0.1, 0.15) is 26.4 Å². The van der Waals surface area contributed by atoms with Crippen molar-refractivity contribution in [3.63, 3.8) is 0 Å². The SMILES string of the molecule is O=C1c2cccc3cccc(c23)C(=O)N1Cc1ccn[nH]1. The molecule has 1 aliphatic rings. The molecule has 0 fully saturated rings. The van der Waals surface area contributed by atoms with Gasteiger partial charge in [0.15, 0.2) is 0 Å². The van der Waals surface area contributed by atoms with Gasteiger partial charge in [0, 0.05) is 22.7 Å². The number of H-pyrrole nitrogens is 1. The summed E-state index contributed by atoms with van der Waals surface area (Å²) >= 11 is 0. The minimum atomic E-state index is -0.265. The first-order chi connectivity index (χ1) is 10.3. The van der Waals surface area contributed by atoms with Crippen LogP contribution in [-0.4, -0.2) is 26.9 Å². The quantitative estimate of drug-likeness (QED) is 0.731. The van der Waals surface area contributed by atoms with Crippen LogP contribution >= 0.6 is 0 Å². The molecule has 1 aromatic heterocycles. The highest BCUT2D eigenvalue weighted by Gasteiger charge is 2.32. The lowest BCUT2D eigenvalue weighted by Gasteiger charge is -2.26. The van der Waals surface area contributed by atoms with Gasteiger partial charge in [-0.3, -0.25) is 19.6 Å². The number of nitrogens with zero attached hydrogens (tertiary/aromatic N) is 2. The topological polar surface area (TPSA) is 66.1 Å². The summed E-state index contributed by atoms with van der Waals surface area (Å²) in [5.74, 6) is -0.530. The van der Waals surface area contributed by atoms with Crippen LogP contribution in [0.25, 0.3) is 10.8 Å². The second-order valence-corrected chi connectivity index (χ2v) is 4.99. The summed E-state index contributed by atoms with van der Waals surface area (Å²) < 4.78 is 0. The van der Waals surface area contributed by atoms with Gasteiger partial charge in [-0.2, -0.15) is 5.10 Å². The Morgan fingerprint density at radius 3 is 2.19 bits per heavy atom. The van der Waals surface area contributed by atoms with Crippen LogP contribution in [0.15, 0.2) is 48.7 Å². The average Bonchev–Trinajstić information content (AvgIpc) is 3.02. The van der Waals surface area contributed by atoms with Crippen molar-refractivity contribution in [2.24, 2.45) is 0 Å². The summed E-state index contributed by atoms with van der Waals surface area (Å²) in [6.07, 6.45) is 1.60. The summed E-state index contributed by atoms with van der Waals surface area (Å²) in [7, 11) is 0. The third-order valence-electron chi connectivity index (χ3n) is 3.74. The molecular formula is C16H11N3O2. The molecule has 0 bridgehead atoms. The van der Waals surface area contributed by atoms with Gasteiger partial charge < -0.3 is 0 Å². The second kappa shape index (κ2) is 4.28. The van der Waals surface area contributed by atoms with Gasteiger partial charge in [0.05, 0.1) is 12.2 Å². The smallest absolute Gasteiger partial charge is 0.261 e. The van der Waals surface area contributed by atoms with E-state index in [0.717, 1.165) is 16.5 Å². The number of rotatable bonds is 2. The Morgan fingerprint density at radius 2 is 1.62 bits per heavy atom. The summed E-state index contributed by atoms with van der Waals surface area (Å²) in [6, 6.07) is 12.8. The molecule has 102 valence electrons. The van der Waals surface area contributed by atoms with E-state index in [0.29, 0.717) is 11.1 Å². The Balaban J connectivity index is 1.89. The first kappa shape index (κ1) is 11.8. The lowest BCUT2D eigenvalue weighted by atomic mass is 9.94. The Morgan fingerprint density at radius 1 is 0.952 bits per heavy atom. The molecule has 1 aliphatic heterocycles. The number of hydrogen-bond acceptors (Lipinski definition) is 3. The Labute approximate surface area is 120 Å². The minimum absolute atomic E-state index is 0.197. The van der Waals surface area contributed by atoms with Crippen molar-refractivity contribution >= 4 is 22.6 Å². The van der Waals surface area contributed by atoms with Crippen molar-refractivity contribution in [3.05, 3.63) is 65.5 Å². The number of amides is 2. The molecule has 2 amide bonds. The molecule has 0 spiro atoms. The zero-order chi connectivity index (χ0) is 14.4. The van der Waals surface area contributed by atoms with Crippen molar-refractivity contribution in [1.82, 2.24) is 15.1 Å². The highest BCUT2D eigenvalue weighted by Crippen LogP contribution is 2.30. The molecule has 2 aromatic carbocycles. The summed E-state index contributed by atoms with van der Waals surface area (Å²) in [5.41, 5.74) is 1.87. The predicted octanol–water partition coefficient (Wildman–Crippen LogP) is 2.36. The lowest BCUT2D eigenvalue weighted by molar-refractivity contribution is 0.0596. The standard InChI is InChI=1S/C16H11N3O2/c20-15-12-5-1-3-10-4-2-6-13(14(10)12)16(21)19(15)9-11-7-8-17-18-11/h1-8H,9H2,(H,17,18). The second-order valence-electron chi connectivity index (χ2n) is 4.99. The van der Waals surface area contributed by atoms with Crippen molar-refractivity contribution in [2.75, 3.05) is 0 Å². The summed E-state index contributed by atoms with van der Waals surface area (Å²) in [5, 5.41) is 8.28. The van der Waals surface area contributed by atoms with E-state index >= 15 is 0 Å². The molecule has 4 rings (SSSR count). The fourth-order valence-electron chi connectivity index (χ4n) is 2.77. The zero-order valence-corrected chi connectivity index (χ0v) is 11.0. The van der Waals surface area contributed by atoms with Crippen LogP contribution in [0.3, 0.4) is 0 Å². The third-order valence-corrected chi connectivity index (χ3v) is 3.74. The van der Waals surface area contributed by atoms with Gasteiger partial charge in [0.2, 0.25) is 0 Å². The van der Waals surface area contributed by atoms with E-state index in [-0.39, 0.29) is 18.4 Å². The number of aromatic amines is 1. The molecule has 0 aliphatic carbocycles. The first-order valence-corrected chi connectivity index (χ1v) is 6.62. The largest absolute Gasteiger partial charge is 0.281 e. The first-order valence-electron chi connectivity index (χ1n) is 6.62. The molecular weight excluding hydrogens is 266 g/mol. The number of nitrogens with one attached hydrogen (secondary N) is 1. The van der Waals surface area contributed by atoms with Crippen molar-refractivity contribution < 1.29 is 9.59 Å². The fraction of sp³-hybridized carbons (Fsp3) is 0.0625. The molecule has 0 saturated heterocycles. The summed E-state index contributed by atoms with van der Waals surface area (Å²) in [6.45, 7) is 0.197. The third kappa shape index (κ3) is 1.67. The van der Waals surface area contributed by atoms with Gasteiger partial charge in [-0.15, -0.1) is 0 Å². The molecule has 5 nitrogen and oxygen atoms in total. The highest BCUT2D eigenvalue weighted by atomic mass is 16.2. The fourth-order valence-corrected chi connectivity index (χ4v) is 2.77. The number of benzene rings is 2. The predicted molar refractivity (Wildman–Crippen MR) is 76.7 cm³/mol. The van der Waals surface area contributed by atoms with E-state index in [1.807, 2.05) is 24.3 Å².